The van der Waals surface area contributed by atoms with Gasteiger partial charge in [-0.1, -0.05) is 15.9 Å². The average Bonchev–Trinajstić information content (AvgIpc) is 2.46. The molecule has 0 bridgehead atoms. The Morgan fingerprint density at radius 2 is 1.90 bits per heavy atom. The maximum Gasteiger partial charge on any atom is 0.269 e. The van der Waals surface area contributed by atoms with Crippen molar-refractivity contribution in [2.24, 2.45) is 0 Å². The van der Waals surface area contributed by atoms with Crippen molar-refractivity contribution in [1.82, 2.24) is 0 Å². The van der Waals surface area contributed by atoms with Gasteiger partial charge in [0.1, 0.15) is 18.1 Å². The first-order valence-corrected chi connectivity index (χ1v) is 7.01. The SMILES string of the molecule is COc1ccc(Br)cc1COc1ccc([N+](=O)[O-])cc1C. The molecule has 0 N–H and O–H groups in total. The van der Waals surface area contributed by atoms with Gasteiger partial charge in [-0.3, -0.25) is 10.1 Å². The van der Waals surface area contributed by atoms with Crippen LogP contribution in [0.5, 0.6) is 11.5 Å². The summed E-state index contributed by atoms with van der Waals surface area (Å²) in [4.78, 5) is 10.3. The second-order valence-electron chi connectivity index (χ2n) is 4.45. The van der Waals surface area contributed by atoms with Crippen molar-refractivity contribution in [2.75, 3.05) is 7.11 Å². The lowest BCUT2D eigenvalue weighted by Crippen LogP contribution is -2.00. The molecule has 0 fully saturated rings. The van der Waals surface area contributed by atoms with Crippen LogP contribution in [0.15, 0.2) is 40.9 Å². The topological polar surface area (TPSA) is 61.6 Å². The van der Waals surface area contributed by atoms with Gasteiger partial charge in [-0.25, -0.2) is 0 Å². The third-order valence-corrected chi connectivity index (χ3v) is 3.49. The molecular weight excluding hydrogens is 338 g/mol. The maximum atomic E-state index is 10.7. The van der Waals surface area contributed by atoms with Crippen molar-refractivity contribution >= 4 is 21.6 Å². The first-order chi connectivity index (χ1) is 10.0. The van der Waals surface area contributed by atoms with E-state index in [4.69, 9.17) is 9.47 Å². The summed E-state index contributed by atoms with van der Waals surface area (Å²) >= 11 is 3.41. The molecule has 0 radical (unpaired) electrons. The highest BCUT2D eigenvalue weighted by atomic mass is 79.9. The minimum Gasteiger partial charge on any atom is -0.496 e. The van der Waals surface area contributed by atoms with E-state index >= 15 is 0 Å². The summed E-state index contributed by atoms with van der Waals surface area (Å²) in [7, 11) is 1.60. The Hall–Kier alpha value is -2.08. The van der Waals surface area contributed by atoms with E-state index in [1.165, 1.54) is 12.1 Å². The van der Waals surface area contributed by atoms with Crippen molar-refractivity contribution < 1.29 is 14.4 Å². The number of nitrogens with zero attached hydrogens (tertiary/aromatic N) is 1. The van der Waals surface area contributed by atoms with Gasteiger partial charge in [0.15, 0.2) is 0 Å². The van der Waals surface area contributed by atoms with Crippen molar-refractivity contribution in [3.63, 3.8) is 0 Å². The van der Waals surface area contributed by atoms with Crippen molar-refractivity contribution in [3.8, 4) is 11.5 Å². The predicted octanol–water partition coefficient (Wildman–Crippen LogP) is 4.25. The first kappa shape index (κ1) is 15.3. The monoisotopic (exact) mass is 351 g/mol. The summed E-state index contributed by atoms with van der Waals surface area (Å²) in [6.07, 6.45) is 0. The Morgan fingerprint density at radius 3 is 2.52 bits per heavy atom. The van der Waals surface area contributed by atoms with Crippen molar-refractivity contribution in [2.45, 2.75) is 13.5 Å². The summed E-state index contributed by atoms with van der Waals surface area (Å²) in [5.41, 5.74) is 1.67. The zero-order chi connectivity index (χ0) is 15.4. The quantitative estimate of drug-likeness (QED) is 0.596. The number of halogens is 1. The van der Waals surface area contributed by atoms with Crippen molar-refractivity contribution in [3.05, 3.63) is 62.1 Å². The van der Waals surface area contributed by atoms with Gasteiger partial charge in [0.25, 0.3) is 5.69 Å². The van der Waals surface area contributed by atoms with Crippen LogP contribution in [0.2, 0.25) is 0 Å². The zero-order valence-corrected chi connectivity index (χ0v) is 13.2. The van der Waals surface area contributed by atoms with E-state index in [0.29, 0.717) is 12.4 Å². The molecule has 2 rings (SSSR count). The summed E-state index contributed by atoms with van der Waals surface area (Å²) in [5, 5.41) is 10.7. The van der Waals surface area contributed by atoms with Gasteiger partial charge >= 0.3 is 0 Å². The van der Waals surface area contributed by atoms with Crippen LogP contribution in [0.1, 0.15) is 11.1 Å². The molecule has 0 amide bonds. The number of benzene rings is 2. The van der Waals surface area contributed by atoms with Crippen LogP contribution in [0.25, 0.3) is 0 Å². The number of ether oxygens (including phenoxy) is 2. The highest BCUT2D eigenvalue weighted by molar-refractivity contribution is 9.10. The fourth-order valence-corrected chi connectivity index (χ4v) is 2.33. The van der Waals surface area contributed by atoms with Gasteiger partial charge < -0.3 is 9.47 Å². The third kappa shape index (κ3) is 3.72. The molecule has 21 heavy (non-hydrogen) atoms. The lowest BCUT2D eigenvalue weighted by atomic mass is 10.2. The molecule has 6 heteroatoms. The molecule has 0 saturated heterocycles. The first-order valence-electron chi connectivity index (χ1n) is 6.21. The Balaban J connectivity index is 2.17. The lowest BCUT2D eigenvalue weighted by Gasteiger charge is -2.12. The second kappa shape index (κ2) is 6.58. The van der Waals surface area contributed by atoms with Crippen LogP contribution in [-0.4, -0.2) is 12.0 Å². The largest absolute Gasteiger partial charge is 0.496 e. The summed E-state index contributed by atoms with van der Waals surface area (Å²) < 4.78 is 11.9. The van der Waals surface area contributed by atoms with Crippen LogP contribution in [-0.2, 0) is 6.61 Å². The molecule has 0 aliphatic carbocycles. The highest BCUT2D eigenvalue weighted by Gasteiger charge is 2.10. The van der Waals surface area contributed by atoms with Crippen molar-refractivity contribution in [1.29, 1.82) is 0 Å². The number of rotatable bonds is 5. The lowest BCUT2D eigenvalue weighted by molar-refractivity contribution is -0.384. The number of hydrogen-bond donors (Lipinski definition) is 0. The molecule has 0 heterocycles. The minimum absolute atomic E-state index is 0.0555. The number of non-ortho nitro benzene ring substituents is 1. The number of nitro benzene ring substituents is 1. The smallest absolute Gasteiger partial charge is 0.269 e. The molecule has 2 aromatic carbocycles. The minimum atomic E-state index is -0.423. The van der Waals surface area contributed by atoms with Gasteiger partial charge in [-0.05, 0) is 36.8 Å². The van der Waals surface area contributed by atoms with E-state index in [-0.39, 0.29) is 5.69 Å². The second-order valence-corrected chi connectivity index (χ2v) is 5.37. The number of methoxy groups -OCH3 is 1. The summed E-state index contributed by atoms with van der Waals surface area (Å²) in [6.45, 7) is 2.10. The normalized spacial score (nSPS) is 10.2. The van der Waals surface area contributed by atoms with Gasteiger partial charge in [-0.2, -0.15) is 0 Å². The van der Waals surface area contributed by atoms with Gasteiger partial charge in [-0.15, -0.1) is 0 Å². The number of nitro groups is 1. The van der Waals surface area contributed by atoms with E-state index in [0.717, 1.165) is 21.3 Å². The molecule has 110 valence electrons. The predicted molar refractivity (Wildman–Crippen MR) is 82.9 cm³/mol. The van der Waals surface area contributed by atoms with E-state index in [9.17, 15) is 10.1 Å². The van der Waals surface area contributed by atoms with Crippen LogP contribution >= 0.6 is 15.9 Å². The Labute approximate surface area is 130 Å². The Kier molecular flexibility index (Phi) is 4.80. The molecule has 0 atom stereocenters. The Bertz CT molecular complexity index is 673. The maximum absolute atomic E-state index is 10.7. The van der Waals surface area contributed by atoms with Crippen LogP contribution in [0.3, 0.4) is 0 Å². The van der Waals surface area contributed by atoms with E-state index < -0.39 is 4.92 Å². The summed E-state index contributed by atoms with van der Waals surface area (Å²) in [5.74, 6) is 1.35. The standard InChI is InChI=1S/C15H14BrNO4/c1-10-7-13(17(18)19)4-6-14(10)21-9-11-8-12(16)3-5-15(11)20-2/h3-8H,9H2,1-2H3. The molecule has 5 nitrogen and oxygen atoms in total. The van der Waals surface area contributed by atoms with Crippen LogP contribution in [0, 0.1) is 17.0 Å². The third-order valence-electron chi connectivity index (χ3n) is 2.99. The number of aryl methyl sites for hydroxylation is 1. The fraction of sp³-hybridized carbons (Fsp3) is 0.200. The van der Waals surface area contributed by atoms with Crippen LogP contribution in [0.4, 0.5) is 5.69 Å². The van der Waals surface area contributed by atoms with Gasteiger partial charge in [0.2, 0.25) is 0 Å². The molecule has 0 aromatic heterocycles. The number of hydrogen-bond acceptors (Lipinski definition) is 4. The average molecular weight is 352 g/mol. The fourth-order valence-electron chi connectivity index (χ4n) is 1.92. The molecule has 0 unspecified atom stereocenters. The molecule has 0 aliphatic rings. The molecule has 0 spiro atoms. The van der Waals surface area contributed by atoms with E-state index in [2.05, 4.69) is 15.9 Å². The van der Waals surface area contributed by atoms with E-state index in [1.54, 1.807) is 20.1 Å². The zero-order valence-electron chi connectivity index (χ0n) is 11.6. The molecule has 0 aliphatic heterocycles. The van der Waals surface area contributed by atoms with Gasteiger partial charge in [0.05, 0.1) is 12.0 Å². The summed E-state index contributed by atoms with van der Waals surface area (Å²) in [6, 6.07) is 10.2. The molecule has 2 aromatic rings. The van der Waals surface area contributed by atoms with Crippen LogP contribution < -0.4 is 9.47 Å². The highest BCUT2D eigenvalue weighted by Crippen LogP contribution is 2.27. The molecular formula is C15H14BrNO4. The van der Waals surface area contributed by atoms with E-state index in [1.807, 2.05) is 18.2 Å². The molecule has 0 saturated carbocycles. The van der Waals surface area contributed by atoms with Gasteiger partial charge in [0, 0.05) is 22.2 Å². The Morgan fingerprint density at radius 1 is 1.19 bits per heavy atom.